The van der Waals surface area contributed by atoms with Crippen LogP contribution < -0.4 is 4.74 Å². The normalized spacial score (nSPS) is 10.5. The Morgan fingerprint density at radius 1 is 1.17 bits per heavy atom. The number of amides is 1. The quantitative estimate of drug-likeness (QED) is 0.772. The third-order valence-electron chi connectivity index (χ3n) is 2.86. The molecule has 0 bridgehead atoms. The molecule has 1 aromatic carbocycles. The van der Waals surface area contributed by atoms with E-state index in [-0.39, 0.29) is 31.7 Å². The molecule has 0 saturated carbocycles. The molecule has 23 heavy (non-hydrogen) atoms. The summed E-state index contributed by atoms with van der Waals surface area (Å²) in [5.41, 5.74) is -0.867. The first-order valence-electron chi connectivity index (χ1n) is 6.70. The molecule has 0 fully saturated rings. The number of carbonyl (C=O) groups is 1. The van der Waals surface area contributed by atoms with Crippen molar-refractivity contribution in [3.63, 3.8) is 0 Å². The molecule has 0 aliphatic heterocycles. The molecule has 0 aromatic heterocycles. The summed E-state index contributed by atoms with van der Waals surface area (Å²) in [4.78, 5) is 13.2. The van der Waals surface area contributed by atoms with Crippen molar-refractivity contribution in [1.29, 1.82) is 10.5 Å². The maximum absolute atomic E-state index is 12.6. The molecular weight excluding hydrogens is 311 g/mol. The SMILES string of the molecule is N#CCCN(CCC#N)C(=O)COc1cccc(C(F)(F)F)c1. The van der Waals surface area contributed by atoms with Crippen LogP contribution in [0.2, 0.25) is 0 Å². The second kappa shape index (κ2) is 8.64. The molecule has 0 radical (unpaired) electrons. The molecule has 1 aromatic rings. The third-order valence-corrected chi connectivity index (χ3v) is 2.86. The summed E-state index contributed by atoms with van der Waals surface area (Å²) >= 11 is 0. The van der Waals surface area contributed by atoms with Gasteiger partial charge in [-0.25, -0.2) is 0 Å². The number of alkyl halides is 3. The lowest BCUT2D eigenvalue weighted by atomic mass is 10.2. The number of carbonyl (C=O) groups excluding carboxylic acids is 1. The van der Waals surface area contributed by atoms with Gasteiger partial charge < -0.3 is 9.64 Å². The smallest absolute Gasteiger partial charge is 0.416 e. The maximum atomic E-state index is 12.6. The van der Waals surface area contributed by atoms with Crippen LogP contribution in [0.15, 0.2) is 24.3 Å². The minimum Gasteiger partial charge on any atom is -0.484 e. The fourth-order valence-electron chi connectivity index (χ4n) is 1.73. The van der Waals surface area contributed by atoms with Gasteiger partial charge in [-0.2, -0.15) is 23.7 Å². The standard InChI is InChI=1S/C15H14F3N3O2/c16-15(17,18)12-4-1-5-13(10-12)23-11-14(22)21(8-2-6-19)9-3-7-20/h1,4-5,10H,2-3,8-9,11H2. The van der Waals surface area contributed by atoms with Crippen molar-refractivity contribution in [2.75, 3.05) is 19.7 Å². The number of rotatable bonds is 7. The molecule has 0 atom stereocenters. The van der Waals surface area contributed by atoms with E-state index in [0.29, 0.717) is 0 Å². The molecule has 0 spiro atoms. The van der Waals surface area contributed by atoms with E-state index in [1.807, 2.05) is 12.1 Å². The Morgan fingerprint density at radius 2 is 1.78 bits per heavy atom. The Bertz CT molecular complexity index is 600. The number of hydrogen-bond acceptors (Lipinski definition) is 4. The number of halogens is 3. The lowest BCUT2D eigenvalue weighted by molar-refractivity contribution is -0.137. The Kier molecular flexibility index (Phi) is 6.88. The summed E-state index contributed by atoms with van der Waals surface area (Å²) in [6.45, 7) is -0.176. The number of hydrogen-bond donors (Lipinski definition) is 0. The first-order valence-corrected chi connectivity index (χ1v) is 6.70. The molecule has 0 unspecified atom stereocenters. The van der Waals surface area contributed by atoms with Crippen molar-refractivity contribution in [2.45, 2.75) is 19.0 Å². The van der Waals surface area contributed by atoms with Gasteiger partial charge in [-0.1, -0.05) is 6.07 Å². The van der Waals surface area contributed by atoms with Gasteiger partial charge in [0, 0.05) is 13.1 Å². The largest absolute Gasteiger partial charge is 0.484 e. The highest BCUT2D eigenvalue weighted by atomic mass is 19.4. The van der Waals surface area contributed by atoms with E-state index in [9.17, 15) is 18.0 Å². The van der Waals surface area contributed by atoms with Crippen molar-refractivity contribution in [3.05, 3.63) is 29.8 Å². The second-order valence-electron chi connectivity index (χ2n) is 4.51. The summed E-state index contributed by atoms with van der Waals surface area (Å²) < 4.78 is 42.8. The van der Waals surface area contributed by atoms with Crippen LogP contribution in [0.25, 0.3) is 0 Å². The average Bonchev–Trinajstić information content (AvgIpc) is 2.52. The molecule has 8 heteroatoms. The van der Waals surface area contributed by atoms with Crippen LogP contribution >= 0.6 is 0 Å². The maximum Gasteiger partial charge on any atom is 0.416 e. The van der Waals surface area contributed by atoms with Crippen LogP contribution in [0, 0.1) is 22.7 Å². The van der Waals surface area contributed by atoms with Gasteiger partial charge in [0.2, 0.25) is 0 Å². The van der Waals surface area contributed by atoms with Gasteiger partial charge in [0.05, 0.1) is 30.5 Å². The average molecular weight is 325 g/mol. The molecule has 0 saturated heterocycles. The fraction of sp³-hybridized carbons (Fsp3) is 0.400. The minimum atomic E-state index is -4.49. The first kappa shape index (κ1) is 18.3. The van der Waals surface area contributed by atoms with E-state index in [2.05, 4.69) is 0 Å². The number of nitrogens with zero attached hydrogens (tertiary/aromatic N) is 3. The molecule has 0 heterocycles. The fourth-order valence-corrected chi connectivity index (χ4v) is 1.73. The van der Waals surface area contributed by atoms with Crippen molar-refractivity contribution >= 4 is 5.91 Å². The molecule has 1 amide bonds. The zero-order valence-electron chi connectivity index (χ0n) is 12.1. The Labute approximate surface area is 131 Å². The molecule has 0 aliphatic carbocycles. The van der Waals surface area contributed by atoms with Gasteiger partial charge in [0.15, 0.2) is 6.61 Å². The summed E-state index contributed by atoms with van der Waals surface area (Å²) in [7, 11) is 0. The van der Waals surface area contributed by atoms with Gasteiger partial charge in [-0.15, -0.1) is 0 Å². The Balaban J connectivity index is 2.66. The van der Waals surface area contributed by atoms with E-state index < -0.39 is 24.3 Å². The van der Waals surface area contributed by atoms with Crippen molar-refractivity contribution in [1.82, 2.24) is 4.90 Å². The Morgan fingerprint density at radius 3 is 2.30 bits per heavy atom. The third kappa shape index (κ3) is 6.27. The van der Waals surface area contributed by atoms with E-state index >= 15 is 0 Å². The molecule has 122 valence electrons. The number of benzene rings is 1. The lowest BCUT2D eigenvalue weighted by Crippen LogP contribution is -2.36. The minimum absolute atomic E-state index is 0.0753. The molecular formula is C15H14F3N3O2. The van der Waals surface area contributed by atoms with Gasteiger partial charge in [0.25, 0.3) is 5.91 Å². The van der Waals surface area contributed by atoms with E-state index in [0.717, 1.165) is 12.1 Å². The van der Waals surface area contributed by atoms with Crippen LogP contribution in [0.3, 0.4) is 0 Å². The van der Waals surface area contributed by atoms with Crippen LogP contribution in [-0.4, -0.2) is 30.5 Å². The van der Waals surface area contributed by atoms with Crippen LogP contribution in [-0.2, 0) is 11.0 Å². The van der Waals surface area contributed by atoms with Gasteiger partial charge in [-0.3, -0.25) is 4.79 Å². The topological polar surface area (TPSA) is 77.1 Å². The van der Waals surface area contributed by atoms with Gasteiger partial charge in [-0.05, 0) is 18.2 Å². The molecule has 0 aliphatic rings. The predicted molar refractivity (Wildman–Crippen MR) is 74.0 cm³/mol. The summed E-state index contributed by atoms with van der Waals surface area (Å²) in [6, 6.07) is 7.98. The Hall–Kier alpha value is -2.74. The summed E-state index contributed by atoms with van der Waals surface area (Å²) in [5, 5.41) is 17.1. The van der Waals surface area contributed by atoms with Crippen LogP contribution in [0.5, 0.6) is 5.75 Å². The monoisotopic (exact) mass is 325 g/mol. The van der Waals surface area contributed by atoms with Gasteiger partial charge >= 0.3 is 6.18 Å². The van der Waals surface area contributed by atoms with E-state index in [1.54, 1.807) is 0 Å². The predicted octanol–water partition coefficient (Wildman–Crippen LogP) is 2.74. The first-order chi connectivity index (χ1) is 10.9. The number of nitriles is 2. The van der Waals surface area contributed by atoms with Gasteiger partial charge in [0.1, 0.15) is 5.75 Å². The molecule has 0 N–H and O–H groups in total. The highest BCUT2D eigenvalue weighted by Gasteiger charge is 2.30. The van der Waals surface area contributed by atoms with Crippen LogP contribution in [0.1, 0.15) is 18.4 Å². The van der Waals surface area contributed by atoms with Crippen LogP contribution in [0.4, 0.5) is 13.2 Å². The van der Waals surface area contributed by atoms with E-state index in [4.69, 9.17) is 15.3 Å². The highest BCUT2D eigenvalue weighted by Crippen LogP contribution is 2.31. The zero-order chi connectivity index (χ0) is 17.3. The number of ether oxygens (including phenoxy) is 1. The van der Waals surface area contributed by atoms with Crippen molar-refractivity contribution in [2.24, 2.45) is 0 Å². The van der Waals surface area contributed by atoms with Crippen molar-refractivity contribution < 1.29 is 22.7 Å². The molecule has 5 nitrogen and oxygen atoms in total. The van der Waals surface area contributed by atoms with Crippen molar-refractivity contribution in [3.8, 4) is 17.9 Å². The zero-order valence-corrected chi connectivity index (χ0v) is 12.1. The lowest BCUT2D eigenvalue weighted by Gasteiger charge is -2.20. The van der Waals surface area contributed by atoms with E-state index in [1.165, 1.54) is 17.0 Å². The highest BCUT2D eigenvalue weighted by molar-refractivity contribution is 5.77. The summed E-state index contributed by atoms with van der Waals surface area (Å²) in [6.07, 6.45) is -4.30. The second-order valence-corrected chi connectivity index (χ2v) is 4.51. The molecule has 1 rings (SSSR count). The summed E-state index contributed by atoms with van der Waals surface area (Å²) in [5.74, 6) is -0.568.